The Morgan fingerprint density at radius 1 is 1.07 bits per heavy atom. The Bertz CT molecular complexity index is 388. The molecule has 0 amide bonds. The van der Waals surface area contributed by atoms with Gasteiger partial charge in [0.05, 0.1) is 0 Å². The third-order valence-corrected chi connectivity index (χ3v) is 3.12. The molecule has 0 bridgehead atoms. The van der Waals surface area contributed by atoms with Gasteiger partial charge >= 0.3 is 0 Å². The zero-order valence-electron chi connectivity index (χ0n) is 8.31. The summed E-state index contributed by atoms with van der Waals surface area (Å²) in [4.78, 5) is 11.8. The summed E-state index contributed by atoms with van der Waals surface area (Å²) in [5, 5.41) is 0. The summed E-state index contributed by atoms with van der Waals surface area (Å²) >= 11 is 0. The van der Waals surface area contributed by atoms with Crippen LogP contribution in [0.3, 0.4) is 0 Å². The average Bonchev–Trinajstić information content (AvgIpc) is 2.87. The van der Waals surface area contributed by atoms with Gasteiger partial charge in [0, 0.05) is 12.0 Å². The fourth-order valence-corrected chi connectivity index (χ4v) is 2.38. The van der Waals surface area contributed by atoms with Crippen molar-refractivity contribution in [3.05, 3.63) is 67.0 Å². The lowest BCUT2D eigenvalue weighted by Gasteiger charge is -2.16. The normalized spacial score (nSPS) is 25.9. The fraction of sp³-hybridized carbons (Fsp3) is 0.143. The zero-order valence-corrected chi connectivity index (χ0v) is 8.31. The molecule has 3 rings (SSSR count). The number of rotatable bonds is 1. The second-order valence-electron chi connectivity index (χ2n) is 3.99. The Morgan fingerprint density at radius 3 is 2.60 bits per heavy atom. The summed E-state index contributed by atoms with van der Waals surface area (Å²) in [7, 11) is 0. The molecule has 0 aromatic heterocycles. The van der Waals surface area contributed by atoms with Gasteiger partial charge in [0.15, 0.2) is 5.78 Å². The minimum atomic E-state index is 0.275. The van der Waals surface area contributed by atoms with Gasteiger partial charge in [-0.25, -0.2) is 0 Å². The van der Waals surface area contributed by atoms with Crippen LogP contribution in [0.4, 0.5) is 0 Å². The van der Waals surface area contributed by atoms with Gasteiger partial charge in [0.1, 0.15) is 0 Å². The Kier molecular flexibility index (Phi) is 2.12. The standard InChI is InChI=1S/C14H11O/c15-14-9-13(10-5-1-2-6-10)11-7-3-4-8-12(11)14/h1-8,13H,9H2/t13-/m0/s1. The maximum Gasteiger partial charge on any atom is 0.163 e. The van der Waals surface area contributed by atoms with Crippen LogP contribution in [0.2, 0.25) is 0 Å². The first kappa shape index (κ1) is 9.14. The van der Waals surface area contributed by atoms with Crippen molar-refractivity contribution in [3.63, 3.8) is 0 Å². The van der Waals surface area contributed by atoms with Crippen LogP contribution in [-0.4, -0.2) is 5.78 Å². The number of ketones is 1. The van der Waals surface area contributed by atoms with Crippen LogP contribution >= 0.6 is 0 Å². The van der Waals surface area contributed by atoms with Crippen molar-refractivity contribution < 1.29 is 4.79 Å². The van der Waals surface area contributed by atoms with E-state index in [0.717, 1.165) is 5.56 Å². The van der Waals surface area contributed by atoms with Crippen molar-refractivity contribution >= 4 is 5.78 Å². The SMILES string of the molecule is O=C1C[C@@H]([C]2[CH][CH][CH][CH]2)c2ccccc21. The summed E-state index contributed by atoms with van der Waals surface area (Å²) in [5.41, 5.74) is 2.09. The van der Waals surface area contributed by atoms with E-state index in [9.17, 15) is 4.79 Å². The Balaban J connectivity index is 1.97. The minimum absolute atomic E-state index is 0.275. The van der Waals surface area contributed by atoms with Gasteiger partial charge in [-0.1, -0.05) is 24.3 Å². The van der Waals surface area contributed by atoms with Crippen molar-refractivity contribution in [3.8, 4) is 0 Å². The Labute approximate surface area is 90.5 Å². The lowest BCUT2D eigenvalue weighted by atomic mass is 9.86. The molecule has 1 atom stereocenters. The predicted molar refractivity (Wildman–Crippen MR) is 58.6 cm³/mol. The minimum Gasteiger partial charge on any atom is -0.294 e. The highest BCUT2D eigenvalue weighted by Gasteiger charge is 2.36. The number of hydrogen-bond acceptors (Lipinski definition) is 1. The van der Waals surface area contributed by atoms with Crippen molar-refractivity contribution in [1.82, 2.24) is 0 Å². The van der Waals surface area contributed by atoms with E-state index in [1.807, 2.05) is 31.0 Å². The summed E-state index contributed by atoms with van der Waals surface area (Å²) in [6.45, 7) is 0. The van der Waals surface area contributed by atoms with Crippen LogP contribution < -0.4 is 0 Å². The molecule has 1 saturated carbocycles. The predicted octanol–water partition coefficient (Wildman–Crippen LogP) is 2.76. The molecule has 0 saturated heterocycles. The molecular weight excluding hydrogens is 184 g/mol. The zero-order chi connectivity index (χ0) is 10.3. The van der Waals surface area contributed by atoms with E-state index in [1.54, 1.807) is 0 Å². The number of benzene rings is 1. The van der Waals surface area contributed by atoms with E-state index in [-0.39, 0.29) is 11.7 Å². The summed E-state index contributed by atoms with van der Waals surface area (Å²) in [6.07, 6.45) is 8.88. The highest BCUT2D eigenvalue weighted by Crippen LogP contribution is 2.44. The van der Waals surface area contributed by atoms with E-state index < -0.39 is 0 Å². The smallest absolute Gasteiger partial charge is 0.163 e. The molecule has 0 N–H and O–H groups in total. The Morgan fingerprint density at radius 2 is 1.80 bits per heavy atom. The van der Waals surface area contributed by atoms with E-state index in [4.69, 9.17) is 0 Å². The monoisotopic (exact) mass is 195 g/mol. The van der Waals surface area contributed by atoms with Crippen molar-refractivity contribution in [2.75, 3.05) is 0 Å². The average molecular weight is 195 g/mol. The fourth-order valence-electron chi connectivity index (χ4n) is 2.38. The van der Waals surface area contributed by atoms with Crippen LogP contribution in [-0.2, 0) is 0 Å². The van der Waals surface area contributed by atoms with E-state index in [0.29, 0.717) is 6.42 Å². The van der Waals surface area contributed by atoms with Crippen LogP contribution in [0.15, 0.2) is 24.3 Å². The number of carbonyl (C=O) groups excluding carboxylic acids is 1. The van der Waals surface area contributed by atoms with Crippen LogP contribution in [0.25, 0.3) is 0 Å². The number of hydrogen-bond donors (Lipinski definition) is 0. The van der Waals surface area contributed by atoms with Gasteiger partial charge in [-0.3, -0.25) is 4.79 Å². The van der Waals surface area contributed by atoms with Crippen LogP contribution in [0, 0.1) is 31.6 Å². The van der Waals surface area contributed by atoms with Gasteiger partial charge in [-0.15, -0.1) is 0 Å². The molecule has 0 spiro atoms. The summed E-state index contributed by atoms with van der Waals surface area (Å²) in [6, 6.07) is 7.94. The third kappa shape index (κ3) is 1.41. The molecule has 15 heavy (non-hydrogen) atoms. The van der Waals surface area contributed by atoms with Gasteiger partial charge in [-0.05, 0) is 43.1 Å². The lowest BCUT2D eigenvalue weighted by molar-refractivity contribution is 0.0990. The van der Waals surface area contributed by atoms with Gasteiger partial charge in [0.2, 0.25) is 0 Å². The molecule has 73 valence electrons. The molecule has 1 heteroatoms. The lowest BCUT2D eigenvalue weighted by Crippen LogP contribution is -2.05. The first-order valence-corrected chi connectivity index (χ1v) is 5.20. The molecule has 0 heterocycles. The largest absolute Gasteiger partial charge is 0.294 e. The molecule has 0 unspecified atom stereocenters. The van der Waals surface area contributed by atoms with E-state index in [2.05, 4.69) is 18.9 Å². The second-order valence-corrected chi connectivity index (χ2v) is 3.99. The van der Waals surface area contributed by atoms with E-state index in [1.165, 1.54) is 11.5 Å². The van der Waals surface area contributed by atoms with Crippen molar-refractivity contribution in [2.45, 2.75) is 12.3 Å². The highest BCUT2D eigenvalue weighted by atomic mass is 16.1. The Hall–Kier alpha value is -1.11. The molecule has 1 aromatic rings. The molecule has 1 fully saturated rings. The summed E-state index contributed by atoms with van der Waals surface area (Å²) < 4.78 is 0. The highest BCUT2D eigenvalue weighted by molar-refractivity contribution is 6.01. The molecular formula is C14H11O. The van der Waals surface area contributed by atoms with Gasteiger partial charge in [-0.2, -0.15) is 0 Å². The number of fused-ring (bicyclic) bond motifs is 1. The molecule has 5 radical (unpaired) electrons. The van der Waals surface area contributed by atoms with Gasteiger partial charge in [0.25, 0.3) is 0 Å². The quantitative estimate of drug-likeness (QED) is 0.673. The first-order valence-electron chi connectivity index (χ1n) is 5.20. The first-order chi connectivity index (χ1) is 7.36. The van der Waals surface area contributed by atoms with Crippen molar-refractivity contribution in [2.24, 2.45) is 0 Å². The molecule has 2 aliphatic rings. The maximum absolute atomic E-state index is 11.8. The molecule has 1 aromatic carbocycles. The third-order valence-electron chi connectivity index (χ3n) is 3.12. The van der Waals surface area contributed by atoms with Crippen molar-refractivity contribution in [1.29, 1.82) is 0 Å². The van der Waals surface area contributed by atoms with Gasteiger partial charge < -0.3 is 0 Å². The maximum atomic E-state index is 11.8. The van der Waals surface area contributed by atoms with E-state index >= 15 is 0 Å². The second kappa shape index (κ2) is 3.48. The molecule has 2 aliphatic carbocycles. The summed E-state index contributed by atoms with van der Waals surface area (Å²) in [5.74, 6) is 1.81. The molecule has 1 nitrogen and oxygen atoms in total. The molecule has 0 aliphatic heterocycles. The number of carbonyl (C=O) groups is 1. The number of Topliss-reactive ketones (excluding diaryl/α,β-unsaturated/α-hetero) is 1. The topological polar surface area (TPSA) is 17.1 Å². The van der Waals surface area contributed by atoms with Crippen LogP contribution in [0.5, 0.6) is 0 Å². The van der Waals surface area contributed by atoms with Crippen LogP contribution in [0.1, 0.15) is 28.3 Å².